The molecule has 2 unspecified atom stereocenters. The minimum absolute atomic E-state index is 0.520. The van der Waals surface area contributed by atoms with E-state index in [1.54, 1.807) is 13.0 Å². The van der Waals surface area contributed by atoms with Crippen LogP contribution in [0.3, 0.4) is 0 Å². The topological polar surface area (TPSA) is 47.3 Å². The molecule has 3 heteroatoms. The molecule has 1 aromatic rings. The van der Waals surface area contributed by atoms with E-state index in [-0.39, 0.29) is 0 Å². The maximum atomic E-state index is 9.89. The molecule has 3 nitrogen and oxygen atoms in total. The molecule has 0 fully saturated rings. The van der Waals surface area contributed by atoms with Crippen molar-refractivity contribution in [2.75, 3.05) is 18.0 Å². The number of nitriles is 1. The minimum Gasteiger partial charge on any atom is -0.389 e. The second-order valence-corrected chi connectivity index (χ2v) is 5.11. The van der Waals surface area contributed by atoms with E-state index in [4.69, 9.17) is 5.26 Å². The zero-order valence-electron chi connectivity index (χ0n) is 12.3. The summed E-state index contributed by atoms with van der Waals surface area (Å²) in [6.45, 7) is 10.1. The quantitative estimate of drug-likeness (QED) is 0.851. The highest BCUT2D eigenvalue weighted by atomic mass is 16.3. The second-order valence-electron chi connectivity index (χ2n) is 5.11. The van der Waals surface area contributed by atoms with Crippen LogP contribution in [-0.4, -0.2) is 18.2 Å². The molecular weight excluding hydrogens is 236 g/mol. The molecule has 0 spiro atoms. The van der Waals surface area contributed by atoms with Gasteiger partial charge in [-0.1, -0.05) is 26.3 Å². The fourth-order valence-electron chi connectivity index (χ4n) is 2.14. The number of aliphatic hydroxyl groups is 1. The van der Waals surface area contributed by atoms with Crippen LogP contribution in [0.4, 0.5) is 5.69 Å². The number of rotatable bonds is 6. The molecular formula is C16H24N2O. The molecule has 0 saturated carbocycles. The lowest BCUT2D eigenvalue weighted by Crippen LogP contribution is -2.29. The maximum Gasteiger partial charge on any atom is 0.0992 e. The molecule has 1 aromatic carbocycles. The predicted molar refractivity (Wildman–Crippen MR) is 79.1 cm³/mol. The first-order valence-electron chi connectivity index (χ1n) is 7.00. The van der Waals surface area contributed by atoms with Gasteiger partial charge in [-0.3, -0.25) is 0 Å². The molecule has 0 radical (unpaired) electrons. The van der Waals surface area contributed by atoms with Crippen LogP contribution in [-0.2, 0) is 0 Å². The van der Waals surface area contributed by atoms with Crippen LogP contribution in [0.15, 0.2) is 18.2 Å². The number of nitrogens with zero attached hydrogens (tertiary/aromatic N) is 2. The van der Waals surface area contributed by atoms with E-state index in [2.05, 4.69) is 31.7 Å². The molecule has 0 heterocycles. The summed E-state index contributed by atoms with van der Waals surface area (Å²) < 4.78 is 0. The van der Waals surface area contributed by atoms with Gasteiger partial charge in [-0.2, -0.15) is 5.26 Å². The van der Waals surface area contributed by atoms with Crippen molar-refractivity contribution in [2.24, 2.45) is 5.92 Å². The summed E-state index contributed by atoms with van der Waals surface area (Å²) >= 11 is 0. The van der Waals surface area contributed by atoms with Crippen LogP contribution < -0.4 is 4.90 Å². The Hall–Kier alpha value is -1.53. The number of anilines is 1. The standard InChI is InChI=1S/C16H24N2O/c1-5-12(3)11-18(6-2)16-9-14(10-17)7-8-15(16)13(4)19/h7-9,12-13,19H,5-6,11H2,1-4H3. The van der Waals surface area contributed by atoms with Gasteiger partial charge in [0.25, 0.3) is 0 Å². The van der Waals surface area contributed by atoms with Crippen LogP contribution in [0.5, 0.6) is 0 Å². The van der Waals surface area contributed by atoms with E-state index in [1.807, 2.05) is 12.1 Å². The van der Waals surface area contributed by atoms with Crippen molar-refractivity contribution in [1.29, 1.82) is 5.26 Å². The highest BCUT2D eigenvalue weighted by Crippen LogP contribution is 2.28. The number of benzene rings is 1. The fourth-order valence-corrected chi connectivity index (χ4v) is 2.14. The van der Waals surface area contributed by atoms with Gasteiger partial charge < -0.3 is 10.0 Å². The van der Waals surface area contributed by atoms with Gasteiger partial charge in [0, 0.05) is 24.3 Å². The third-order valence-corrected chi connectivity index (χ3v) is 3.56. The van der Waals surface area contributed by atoms with Crippen LogP contribution in [0.1, 0.15) is 51.3 Å². The van der Waals surface area contributed by atoms with Crippen molar-refractivity contribution >= 4 is 5.69 Å². The van der Waals surface area contributed by atoms with Gasteiger partial charge >= 0.3 is 0 Å². The molecule has 0 aromatic heterocycles. The van der Waals surface area contributed by atoms with Gasteiger partial charge in [-0.05, 0) is 31.9 Å². The lowest BCUT2D eigenvalue weighted by molar-refractivity contribution is 0.199. The molecule has 0 saturated heterocycles. The van der Waals surface area contributed by atoms with Crippen LogP contribution in [0.25, 0.3) is 0 Å². The van der Waals surface area contributed by atoms with E-state index >= 15 is 0 Å². The zero-order chi connectivity index (χ0) is 14.4. The van der Waals surface area contributed by atoms with Gasteiger partial charge in [0.2, 0.25) is 0 Å². The molecule has 19 heavy (non-hydrogen) atoms. The largest absolute Gasteiger partial charge is 0.389 e. The van der Waals surface area contributed by atoms with Crippen molar-refractivity contribution < 1.29 is 5.11 Å². The summed E-state index contributed by atoms with van der Waals surface area (Å²) in [6.07, 6.45) is 0.604. The smallest absolute Gasteiger partial charge is 0.0992 e. The van der Waals surface area contributed by atoms with Crippen molar-refractivity contribution in [3.05, 3.63) is 29.3 Å². The average molecular weight is 260 g/mol. The first-order chi connectivity index (χ1) is 9.03. The highest BCUT2D eigenvalue weighted by molar-refractivity contribution is 5.58. The highest BCUT2D eigenvalue weighted by Gasteiger charge is 2.15. The van der Waals surface area contributed by atoms with Crippen molar-refractivity contribution in [3.8, 4) is 6.07 Å². The number of aliphatic hydroxyl groups excluding tert-OH is 1. The molecule has 0 aliphatic carbocycles. The SMILES string of the molecule is CCC(C)CN(CC)c1cc(C#N)ccc1C(C)O. The Morgan fingerprint density at radius 2 is 2.00 bits per heavy atom. The molecule has 104 valence electrons. The van der Waals surface area contributed by atoms with E-state index in [9.17, 15) is 5.11 Å². The Bertz CT molecular complexity index is 449. The molecule has 0 aliphatic heterocycles. The zero-order valence-corrected chi connectivity index (χ0v) is 12.3. The van der Waals surface area contributed by atoms with E-state index < -0.39 is 6.10 Å². The lowest BCUT2D eigenvalue weighted by atomic mass is 10.0. The summed E-state index contributed by atoms with van der Waals surface area (Å²) in [7, 11) is 0. The Morgan fingerprint density at radius 3 is 2.47 bits per heavy atom. The predicted octanol–water partition coefficient (Wildman–Crippen LogP) is 3.48. The average Bonchev–Trinajstić information content (AvgIpc) is 2.43. The molecule has 0 amide bonds. The van der Waals surface area contributed by atoms with Crippen molar-refractivity contribution in [2.45, 2.75) is 40.2 Å². The molecule has 1 rings (SSSR count). The first-order valence-corrected chi connectivity index (χ1v) is 7.00. The normalized spacial score (nSPS) is 13.7. The Labute approximate surface area is 116 Å². The van der Waals surface area contributed by atoms with Gasteiger partial charge in [0.15, 0.2) is 0 Å². The third-order valence-electron chi connectivity index (χ3n) is 3.56. The Balaban J connectivity index is 3.16. The summed E-state index contributed by atoms with van der Waals surface area (Å²) in [4.78, 5) is 2.25. The first kappa shape index (κ1) is 15.5. The van der Waals surface area contributed by atoms with Gasteiger partial charge in [0.1, 0.15) is 0 Å². The van der Waals surface area contributed by atoms with Crippen LogP contribution in [0, 0.1) is 17.2 Å². The van der Waals surface area contributed by atoms with Crippen LogP contribution in [0.2, 0.25) is 0 Å². The Kier molecular flexibility index (Phi) is 5.85. The van der Waals surface area contributed by atoms with E-state index in [0.717, 1.165) is 30.8 Å². The van der Waals surface area contributed by atoms with Gasteiger partial charge in [-0.25, -0.2) is 0 Å². The molecule has 1 N–H and O–H groups in total. The summed E-state index contributed by atoms with van der Waals surface area (Å²) in [5.74, 6) is 0.590. The van der Waals surface area contributed by atoms with Crippen molar-refractivity contribution in [3.63, 3.8) is 0 Å². The van der Waals surface area contributed by atoms with Gasteiger partial charge in [0.05, 0.1) is 17.7 Å². The molecule has 0 aliphatic rings. The number of hydrogen-bond donors (Lipinski definition) is 1. The van der Waals surface area contributed by atoms with Crippen LogP contribution >= 0.6 is 0 Å². The number of hydrogen-bond acceptors (Lipinski definition) is 3. The fraction of sp³-hybridized carbons (Fsp3) is 0.562. The maximum absolute atomic E-state index is 9.89. The minimum atomic E-state index is -0.520. The monoisotopic (exact) mass is 260 g/mol. The Morgan fingerprint density at radius 1 is 1.32 bits per heavy atom. The summed E-state index contributed by atoms with van der Waals surface area (Å²) in [5.41, 5.74) is 2.52. The molecule has 2 atom stereocenters. The molecule has 0 bridgehead atoms. The van der Waals surface area contributed by atoms with Gasteiger partial charge in [-0.15, -0.1) is 0 Å². The van der Waals surface area contributed by atoms with E-state index in [1.165, 1.54) is 0 Å². The third kappa shape index (κ3) is 3.97. The second kappa shape index (κ2) is 7.16. The lowest BCUT2D eigenvalue weighted by Gasteiger charge is -2.29. The summed E-state index contributed by atoms with van der Waals surface area (Å²) in [6, 6.07) is 7.68. The van der Waals surface area contributed by atoms with E-state index in [0.29, 0.717) is 11.5 Å². The summed E-state index contributed by atoms with van der Waals surface area (Å²) in [5, 5.41) is 18.9. The van der Waals surface area contributed by atoms with Crippen molar-refractivity contribution in [1.82, 2.24) is 0 Å².